The lowest BCUT2D eigenvalue weighted by Gasteiger charge is -2.15. The zero-order chi connectivity index (χ0) is 40.5. The molecule has 4 rings (SSSR count). The van der Waals surface area contributed by atoms with Crippen LogP contribution < -0.4 is 15.1 Å². The minimum absolute atomic E-state index is 0.106. The number of azo groups is 1. The molecule has 302 valence electrons. The number of para-hydroxylation sites is 1. The number of hydrogen-bond donors (Lipinski definition) is 4. The number of amidine groups is 1. The number of carboxylic acids is 1. The lowest BCUT2D eigenvalue weighted by molar-refractivity contribution is -0.119. The molecular weight excluding hydrogens is 762 g/mol. The summed E-state index contributed by atoms with van der Waals surface area (Å²) in [6, 6.07) is 12.2. The Kier molecular flexibility index (Phi) is 17.3. The van der Waals surface area contributed by atoms with Gasteiger partial charge in [0.2, 0.25) is 11.9 Å². The minimum atomic E-state index is -4.87. The van der Waals surface area contributed by atoms with Crippen molar-refractivity contribution in [1.29, 1.82) is 0 Å². The maximum atomic E-state index is 13.8. The smallest absolute Gasteiger partial charge is 0.339 e. The van der Waals surface area contributed by atoms with Crippen molar-refractivity contribution >= 4 is 56.7 Å². The third kappa shape index (κ3) is 13.4. The van der Waals surface area contributed by atoms with Crippen LogP contribution in [0.15, 0.2) is 80.9 Å². The van der Waals surface area contributed by atoms with Gasteiger partial charge in [0, 0.05) is 12.5 Å². The summed E-state index contributed by atoms with van der Waals surface area (Å²) in [5, 5.41) is 34.9. The fourth-order valence-electron chi connectivity index (χ4n) is 6.14. The summed E-state index contributed by atoms with van der Waals surface area (Å²) in [5.41, 5.74) is -0.803. The molecule has 1 heterocycles. The van der Waals surface area contributed by atoms with Gasteiger partial charge in [-0.05, 0) is 42.8 Å². The second-order valence-electron chi connectivity index (χ2n) is 13.6. The molecule has 3 aromatic rings. The van der Waals surface area contributed by atoms with E-state index in [-0.39, 0.29) is 34.4 Å². The Morgan fingerprint density at radius 3 is 2.04 bits per heavy atom. The Morgan fingerprint density at radius 2 is 1.46 bits per heavy atom. The summed E-state index contributed by atoms with van der Waals surface area (Å²) in [6.07, 6.45) is 17.8. The van der Waals surface area contributed by atoms with E-state index >= 15 is 0 Å². The fraction of sp³-hybridized carbons (Fsp3) is 0.450. The molecule has 1 aliphatic heterocycles. The van der Waals surface area contributed by atoms with Crippen molar-refractivity contribution in [1.82, 2.24) is 5.32 Å². The van der Waals surface area contributed by atoms with E-state index in [0.29, 0.717) is 12.2 Å². The van der Waals surface area contributed by atoms with Gasteiger partial charge >= 0.3 is 5.97 Å². The number of carbonyl (C=O) groups is 3. The summed E-state index contributed by atoms with van der Waals surface area (Å²) in [5.74, 6) is -3.51. The van der Waals surface area contributed by atoms with Crippen molar-refractivity contribution in [3.05, 3.63) is 71.2 Å². The van der Waals surface area contributed by atoms with E-state index < -0.39 is 50.2 Å². The summed E-state index contributed by atoms with van der Waals surface area (Å²) >= 11 is 6.17. The van der Waals surface area contributed by atoms with Crippen LogP contribution in [0.25, 0.3) is 0 Å². The van der Waals surface area contributed by atoms with Crippen molar-refractivity contribution in [3.63, 3.8) is 0 Å². The van der Waals surface area contributed by atoms with Gasteiger partial charge < -0.3 is 20.3 Å². The molecule has 16 heteroatoms. The fourth-order valence-corrected chi connectivity index (χ4v) is 6.97. The van der Waals surface area contributed by atoms with E-state index in [2.05, 4.69) is 27.6 Å². The number of carboxylic acid groups (broad SMARTS) is 1. The molecule has 0 bridgehead atoms. The number of amides is 2. The Morgan fingerprint density at radius 1 is 0.875 bits per heavy atom. The van der Waals surface area contributed by atoms with Crippen LogP contribution >= 0.6 is 11.6 Å². The first kappa shape index (κ1) is 43.9. The van der Waals surface area contributed by atoms with E-state index in [9.17, 15) is 37.6 Å². The molecule has 3 aromatic carbocycles. The lowest BCUT2D eigenvalue weighted by atomic mass is 10.0. The van der Waals surface area contributed by atoms with Gasteiger partial charge in [-0.2, -0.15) is 23.7 Å². The van der Waals surface area contributed by atoms with Crippen LogP contribution in [0.5, 0.6) is 17.2 Å². The Balaban J connectivity index is 1.41. The van der Waals surface area contributed by atoms with Crippen LogP contribution in [0.4, 0.5) is 11.4 Å². The van der Waals surface area contributed by atoms with Crippen molar-refractivity contribution in [3.8, 4) is 17.2 Å². The summed E-state index contributed by atoms with van der Waals surface area (Å²) in [4.78, 5) is 37.8. The number of ether oxygens (including phenoxy) is 1. The van der Waals surface area contributed by atoms with E-state index in [0.717, 1.165) is 48.9 Å². The van der Waals surface area contributed by atoms with E-state index in [1.807, 2.05) is 0 Å². The molecular formula is C40H50ClN5O9S. The molecule has 0 aliphatic carbocycles. The number of halogens is 1. The van der Waals surface area contributed by atoms with Gasteiger partial charge in [0.05, 0.1) is 10.7 Å². The molecule has 14 nitrogen and oxygen atoms in total. The highest BCUT2D eigenvalue weighted by atomic mass is 35.5. The maximum absolute atomic E-state index is 13.8. The van der Waals surface area contributed by atoms with Crippen molar-refractivity contribution < 1.29 is 42.3 Å². The number of hydrogen-bond acceptors (Lipinski definition) is 10. The second-order valence-corrected chi connectivity index (χ2v) is 15.4. The molecule has 0 aromatic heterocycles. The highest BCUT2D eigenvalue weighted by Crippen LogP contribution is 2.35. The number of nitrogens with one attached hydrogen (secondary N) is 1. The highest BCUT2D eigenvalue weighted by Gasteiger charge is 2.39. The van der Waals surface area contributed by atoms with Crippen molar-refractivity contribution in [2.24, 2.45) is 15.3 Å². The predicted molar refractivity (Wildman–Crippen MR) is 214 cm³/mol. The number of unbranched alkanes of at least 4 members (excludes halogenated alkanes) is 14. The maximum Gasteiger partial charge on any atom is 0.339 e. The van der Waals surface area contributed by atoms with Gasteiger partial charge in [0.15, 0.2) is 5.84 Å². The standard InChI is InChI=1S/C40H50ClN5O9S/c1-2-3-4-5-6-7-8-9-10-11-12-13-14-15-19-22-36(48)42-38-37(44-43-32-26-30(40(50)51)33(47)27-31(32)41)39(49)46(45-38)28-23-24-34(35(25-28)56(52,53)54)55-29-20-17-16-18-21-29/h16-18,20-21,23-27,37,47H,2-15,19,22H2,1H3,(H,50,51)(H,42,45,48)(H,52,53,54)/t37-/m1/s1. The predicted octanol–water partition coefficient (Wildman–Crippen LogP) is 9.97. The topological polar surface area (TPSA) is 208 Å². The normalized spacial score (nSPS) is 14.3. The molecule has 2 amide bonds. The summed E-state index contributed by atoms with van der Waals surface area (Å²) < 4.78 is 40.5. The SMILES string of the molecule is CCCCCCCCCCCCCCCCCC(=O)NC1=NN(c2ccc(Oc3ccccc3)c(S(=O)(=O)O)c2)C(=O)[C@@H]1N=Nc1cc(C(=O)O)c(O)cc1Cl. The average Bonchev–Trinajstić information content (AvgIpc) is 3.46. The largest absolute Gasteiger partial charge is 0.507 e. The van der Waals surface area contributed by atoms with E-state index in [1.165, 1.54) is 76.3 Å². The monoisotopic (exact) mass is 811 g/mol. The van der Waals surface area contributed by atoms with Gasteiger partial charge in [-0.25, -0.2) is 4.79 Å². The first-order valence-electron chi connectivity index (χ1n) is 19.1. The van der Waals surface area contributed by atoms with Gasteiger partial charge in [-0.3, -0.25) is 14.1 Å². The van der Waals surface area contributed by atoms with Crippen LogP contribution in [0, 0.1) is 0 Å². The molecule has 56 heavy (non-hydrogen) atoms. The van der Waals surface area contributed by atoms with Crippen LogP contribution in [-0.4, -0.2) is 52.8 Å². The third-order valence-corrected chi connectivity index (χ3v) is 10.4. The van der Waals surface area contributed by atoms with Crippen LogP contribution in [0.1, 0.15) is 120 Å². The van der Waals surface area contributed by atoms with Crippen molar-refractivity contribution in [2.75, 3.05) is 5.01 Å². The van der Waals surface area contributed by atoms with E-state index in [1.54, 1.807) is 30.3 Å². The Labute approximate surface area is 332 Å². The van der Waals surface area contributed by atoms with Crippen LogP contribution in [0.2, 0.25) is 5.02 Å². The Hall–Kier alpha value is -4.86. The molecule has 1 atom stereocenters. The van der Waals surface area contributed by atoms with Gasteiger partial charge in [-0.1, -0.05) is 127 Å². The molecule has 4 N–H and O–H groups in total. The van der Waals surface area contributed by atoms with Crippen LogP contribution in [-0.2, 0) is 19.7 Å². The number of hydrazone groups is 1. The first-order valence-corrected chi connectivity index (χ1v) is 20.9. The summed E-state index contributed by atoms with van der Waals surface area (Å²) in [7, 11) is -4.87. The highest BCUT2D eigenvalue weighted by molar-refractivity contribution is 7.86. The second kappa shape index (κ2) is 22.0. The quantitative estimate of drug-likeness (QED) is 0.0407. The molecule has 1 aliphatic rings. The number of carbonyl (C=O) groups excluding carboxylic acids is 2. The molecule has 0 unspecified atom stereocenters. The average molecular weight is 812 g/mol. The first-order chi connectivity index (χ1) is 26.9. The zero-order valence-electron chi connectivity index (χ0n) is 31.5. The molecule has 0 spiro atoms. The number of aromatic hydroxyl groups is 1. The van der Waals surface area contributed by atoms with E-state index in [4.69, 9.17) is 16.3 Å². The number of benzene rings is 3. The van der Waals surface area contributed by atoms with Crippen LogP contribution in [0.3, 0.4) is 0 Å². The Bertz CT molecular complexity index is 1980. The van der Waals surface area contributed by atoms with Gasteiger partial charge in [0.25, 0.3) is 16.0 Å². The van der Waals surface area contributed by atoms with Gasteiger partial charge in [-0.15, -0.1) is 5.10 Å². The lowest BCUT2D eigenvalue weighted by Crippen LogP contribution is -2.39. The molecule has 0 saturated heterocycles. The summed E-state index contributed by atoms with van der Waals surface area (Å²) in [6.45, 7) is 2.23. The van der Waals surface area contributed by atoms with Crippen molar-refractivity contribution in [2.45, 2.75) is 121 Å². The van der Waals surface area contributed by atoms with Gasteiger partial charge in [0.1, 0.15) is 33.4 Å². The molecule has 0 saturated carbocycles. The number of aromatic carboxylic acids is 1. The number of rotatable bonds is 23. The third-order valence-electron chi connectivity index (χ3n) is 9.18. The molecule has 0 fully saturated rings. The molecule has 0 radical (unpaired) electrons. The minimum Gasteiger partial charge on any atom is -0.507 e. The number of phenols is 1. The zero-order valence-corrected chi connectivity index (χ0v) is 33.1. The number of anilines is 1. The number of nitrogens with zero attached hydrogens (tertiary/aromatic N) is 4.